The zero-order chi connectivity index (χ0) is 14.5. The molecule has 6 heteroatoms. The van der Waals surface area contributed by atoms with Crippen LogP contribution in [0, 0.1) is 5.41 Å². The lowest BCUT2D eigenvalue weighted by Gasteiger charge is -2.25. The van der Waals surface area contributed by atoms with Gasteiger partial charge in [0, 0.05) is 5.92 Å². The van der Waals surface area contributed by atoms with Gasteiger partial charge in [-0.1, -0.05) is 29.8 Å². The summed E-state index contributed by atoms with van der Waals surface area (Å²) in [6, 6.07) is 8.37. The molecule has 1 aromatic carbocycles. The van der Waals surface area contributed by atoms with Crippen molar-refractivity contribution in [1.82, 2.24) is 10.1 Å². The first-order valence-corrected chi connectivity index (χ1v) is 8.85. The van der Waals surface area contributed by atoms with Crippen molar-refractivity contribution >= 4 is 9.84 Å². The largest absolute Gasteiger partial charge is 0.339 e. The smallest absolute Gasteiger partial charge is 0.230 e. The molecule has 2 aromatic rings. The van der Waals surface area contributed by atoms with Crippen LogP contribution in [0.4, 0.5) is 0 Å². The van der Waals surface area contributed by atoms with E-state index in [1.54, 1.807) is 30.3 Å². The van der Waals surface area contributed by atoms with E-state index in [0.29, 0.717) is 22.1 Å². The van der Waals surface area contributed by atoms with E-state index in [9.17, 15) is 8.42 Å². The minimum atomic E-state index is -3.41. The van der Waals surface area contributed by atoms with Crippen LogP contribution in [0.5, 0.6) is 0 Å². The van der Waals surface area contributed by atoms with Gasteiger partial charge in [0.05, 0.1) is 4.90 Å². The summed E-state index contributed by atoms with van der Waals surface area (Å²) in [5.74, 6) is 1.02. The Hall–Kier alpha value is -1.69. The van der Waals surface area contributed by atoms with Gasteiger partial charge in [-0.3, -0.25) is 0 Å². The van der Waals surface area contributed by atoms with E-state index in [0.717, 1.165) is 6.42 Å². The van der Waals surface area contributed by atoms with Gasteiger partial charge in [-0.2, -0.15) is 4.98 Å². The predicted molar refractivity (Wildman–Crippen MR) is 75.3 cm³/mol. The molecule has 0 amide bonds. The van der Waals surface area contributed by atoms with Gasteiger partial charge in [0.15, 0.2) is 15.7 Å². The highest BCUT2D eigenvalue weighted by Gasteiger charge is 2.60. The lowest BCUT2D eigenvalue weighted by molar-refractivity contribution is 0.258. The summed E-state index contributed by atoms with van der Waals surface area (Å²) in [6.07, 6.45) is 4.86. The molecule has 0 unspecified atom stereocenters. The average Bonchev–Trinajstić information content (AvgIpc) is 3.07. The predicted octanol–water partition coefficient (Wildman–Crippen LogP) is 2.70. The van der Waals surface area contributed by atoms with Crippen LogP contribution in [0.1, 0.15) is 43.3 Å². The number of hydrogen-bond donors (Lipinski definition) is 0. The maximum Gasteiger partial charge on any atom is 0.230 e. The topological polar surface area (TPSA) is 73.1 Å². The summed E-state index contributed by atoms with van der Waals surface area (Å²) in [7, 11) is -3.41. The molecule has 110 valence electrons. The number of sulfone groups is 1. The lowest BCUT2D eigenvalue weighted by Crippen LogP contribution is -2.14. The van der Waals surface area contributed by atoms with Crippen LogP contribution in [-0.4, -0.2) is 18.6 Å². The third-order valence-electron chi connectivity index (χ3n) is 4.74. The molecule has 2 fully saturated rings. The second-order valence-electron chi connectivity index (χ2n) is 6.09. The van der Waals surface area contributed by atoms with Gasteiger partial charge in [-0.05, 0) is 36.8 Å². The Morgan fingerprint density at radius 3 is 2.62 bits per heavy atom. The van der Waals surface area contributed by atoms with Crippen LogP contribution >= 0.6 is 0 Å². The van der Waals surface area contributed by atoms with Crippen LogP contribution < -0.4 is 0 Å². The highest BCUT2D eigenvalue weighted by Crippen LogP contribution is 2.69. The molecule has 1 spiro atoms. The van der Waals surface area contributed by atoms with Gasteiger partial charge < -0.3 is 4.52 Å². The van der Waals surface area contributed by atoms with Crippen LogP contribution in [-0.2, 0) is 15.6 Å². The van der Waals surface area contributed by atoms with Crippen molar-refractivity contribution in [2.75, 3.05) is 0 Å². The summed E-state index contributed by atoms with van der Waals surface area (Å²) in [6.45, 7) is 0. The third-order valence-corrected chi connectivity index (χ3v) is 6.37. The highest BCUT2D eigenvalue weighted by molar-refractivity contribution is 7.90. The standard InChI is InChI=1S/C15H16N2O3S/c18-21(19,11-5-2-1-3-6-11)10-13-16-14(20-17-13)12-9-15(12)7-4-8-15/h1-3,5-6,12H,4,7-10H2/t12-/m0/s1. The van der Waals surface area contributed by atoms with E-state index < -0.39 is 9.84 Å². The van der Waals surface area contributed by atoms with Gasteiger partial charge >= 0.3 is 0 Å². The minimum Gasteiger partial charge on any atom is -0.339 e. The molecule has 4 rings (SSSR count). The zero-order valence-electron chi connectivity index (χ0n) is 11.5. The average molecular weight is 304 g/mol. The maximum atomic E-state index is 12.3. The van der Waals surface area contributed by atoms with Crippen molar-refractivity contribution in [2.45, 2.75) is 42.2 Å². The van der Waals surface area contributed by atoms with Crippen LogP contribution in [0.3, 0.4) is 0 Å². The van der Waals surface area contributed by atoms with E-state index >= 15 is 0 Å². The van der Waals surface area contributed by atoms with Gasteiger partial charge in [0.2, 0.25) is 5.89 Å². The van der Waals surface area contributed by atoms with Gasteiger partial charge in [0.25, 0.3) is 0 Å². The Bertz CT molecular complexity index is 763. The third kappa shape index (κ3) is 2.18. The van der Waals surface area contributed by atoms with E-state index in [4.69, 9.17) is 4.52 Å². The van der Waals surface area contributed by atoms with Gasteiger partial charge in [0.1, 0.15) is 5.75 Å². The molecule has 5 nitrogen and oxygen atoms in total. The summed E-state index contributed by atoms with van der Waals surface area (Å²) in [4.78, 5) is 4.59. The lowest BCUT2D eigenvalue weighted by atomic mass is 9.80. The number of rotatable bonds is 4. The number of aromatic nitrogens is 2. The van der Waals surface area contributed by atoms with Crippen molar-refractivity contribution in [3.63, 3.8) is 0 Å². The number of hydrogen-bond acceptors (Lipinski definition) is 5. The van der Waals surface area contributed by atoms with Crippen molar-refractivity contribution in [3.8, 4) is 0 Å². The molecule has 0 radical (unpaired) electrons. The van der Waals surface area contributed by atoms with Crippen molar-refractivity contribution in [2.24, 2.45) is 5.41 Å². The zero-order valence-corrected chi connectivity index (χ0v) is 12.3. The summed E-state index contributed by atoms with van der Waals surface area (Å²) in [5, 5.41) is 3.85. The normalized spacial score (nSPS) is 23.0. The second kappa shape index (κ2) is 4.40. The fourth-order valence-corrected chi connectivity index (χ4v) is 4.42. The van der Waals surface area contributed by atoms with Crippen LogP contribution in [0.15, 0.2) is 39.8 Å². The minimum absolute atomic E-state index is 0.208. The molecular weight excluding hydrogens is 288 g/mol. The van der Waals surface area contributed by atoms with E-state index in [1.165, 1.54) is 19.3 Å². The van der Waals surface area contributed by atoms with Crippen molar-refractivity contribution in [1.29, 1.82) is 0 Å². The van der Waals surface area contributed by atoms with Gasteiger partial charge in [-0.25, -0.2) is 8.42 Å². The maximum absolute atomic E-state index is 12.3. The van der Waals surface area contributed by atoms with Crippen LogP contribution in [0.25, 0.3) is 0 Å². The van der Waals surface area contributed by atoms with Gasteiger partial charge in [-0.15, -0.1) is 0 Å². The summed E-state index contributed by atoms with van der Waals surface area (Å²) < 4.78 is 29.8. The first-order valence-electron chi connectivity index (χ1n) is 7.19. The number of nitrogens with zero attached hydrogens (tertiary/aromatic N) is 2. The molecule has 1 aromatic heterocycles. The molecule has 0 saturated heterocycles. The second-order valence-corrected chi connectivity index (χ2v) is 8.08. The van der Waals surface area contributed by atoms with Crippen molar-refractivity contribution < 1.29 is 12.9 Å². The Labute approximate surface area is 123 Å². The Morgan fingerprint density at radius 2 is 2.00 bits per heavy atom. The Morgan fingerprint density at radius 1 is 1.24 bits per heavy atom. The molecule has 0 bridgehead atoms. The molecule has 0 aliphatic heterocycles. The number of benzene rings is 1. The fraction of sp³-hybridized carbons (Fsp3) is 0.467. The van der Waals surface area contributed by atoms with E-state index in [-0.39, 0.29) is 11.6 Å². The first kappa shape index (κ1) is 13.0. The molecule has 2 saturated carbocycles. The monoisotopic (exact) mass is 304 g/mol. The van der Waals surface area contributed by atoms with E-state index in [2.05, 4.69) is 10.1 Å². The highest BCUT2D eigenvalue weighted by atomic mass is 32.2. The molecular formula is C15H16N2O3S. The molecule has 2 aliphatic carbocycles. The first-order chi connectivity index (χ1) is 10.1. The fourth-order valence-electron chi connectivity index (χ4n) is 3.23. The Kier molecular flexibility index (Phi) is 2.73. The molecule has 2 aliphatic rings. The SMILES string of the molecule is O=S(=O)(Cc1noc([C@@H]2CC23CCC3)n1)c1ccccc1. The molecule has 21 heavy (non-hydrogen) atoms. The van der Waals surface area contributed by atoms with Crippen LogP contribution in [0.2, 0.25) is 0 Å². The molecule has 1 heterocycles. The van der Waals surface area contributed by atoms with E-state index in [1.807, 2.05) is 0 Å². The van der Waals surface area contributed by atoms with Crippen molar-refractivity contribution in [3.05, 3.63) is 42.0 Å². The quantitative estimate of drug-likeness (QED) is 0.868. The molecule has 0 N–H and O–H groups in total. The Balaban J connectivity index is 1.52. The summed E-state index contributed by atoms with van der Waals surface area (Å²) in [5.41, 5.74) is 0.405. The summed E-state index contributed by atoms with van der Waals surface area (Å²) >= 11 is 0. The molecule has 1 atom stereocenters.